The fourth-order valence-corrected chi connectivity index (χ4v) is 3.43. The van der Waals surface area contributed by atoms with E-state index in [0.717, 1.165) is 6.54 Å². The molecule has 26 heavy (non-hydrogen) atoms. The van der Waals surface area contributed by atoms with Crippen molar-refractivity contribution in [3.8, 4) is 5.88 Å². The summed E-state index contributed by atoms with van der Waals surface area (Å²) in [4.78, 5) is 16.7. The van der Waals surface area contributed by atoms with E-state index in [1.165, 1.54) is 5.56 Å². The largest absolute Gasteiger partial charge is 0.481 e. The normalized spacial score (nSPS) is 20.8. The lowest BCUT2D eigenvalue weighted by Crippen LogP contribution is -2.48. The average Bonchev–Trinajstić information content (AvgIpc) is 3.02. The average molecular weight is 358 g/mol. The zero-order valence-electron chi connectivity index (χ0n) is 15.8. The Morgan fingerprint density at radius 3 is 2.73 bits per heavy atom. The molecule has 1 aliphatic heterocycles. The Balaban J connectivity index is 1.75. The maximum Gasteiger partial charge on any atom is 0.274 e. The van der Waals surface area contributed by atoms with Gasteiger partial charge in [-0.3, -0.25) is 9.69 Å². The highest BCUT2D eigenvalue weighted by Gasteiger charge is 2.33. The highest BCUT2D eigenvalue weighted by Crippen LogP contribution is 2.29. The van der Waals surface area contributed by atoms with Gasteiger partial charge in [-0.25, -0.2) is 4.68 Å². The maximum absolute atomic E-state index is 12.7. The summed E-state index contributed by atoms with van der Waals surface area (Å²) < 4.78 is 12.8. The fourth-order valence-electron chi connectivity index (χ4n) is 3.43. The van der Waals surface area contributed by atoms with Crippen molar-refractivity contribution in [1.29, 1.82) is 0 Å². The third-order valence-corrected chi connectivity index (χ3v) is 4.81. The summed E-state index contributed by atoms with van der Waals surface area (Å²) >= 11 is 0. The molecule has 1 amide bonds. The van der Waals surface area contributed by atoms with Gasteiger partial charge in [0.05, 0.1) is 25.9 Å². The molecule has 7 heteroatoms. The van der Waals surface area contributed by atoms with Crippen LogP contribution in [-0.2, 0) is 11.8 Å². The summed E-state index contributed by atoms with van der Waals surface area (Å²) in [7, 11) is 7.19. The van der Waals surface area contributed by atoms with E-state index >= 15 is 0 Å². The van der Waals surface area contributed by atoms with Crippen LogP contribution in [0.2, 0.25) is 0 Å². The lowest BCUT2D eigenvalue weighted by atomic mass is 9.98. The number of aryl methyl sites for hydroxylation is 1. The molecule has 0 saturated carbocycles. The Morgan fingerprint density at radius 1 is 1.35 bits per heavy atom. The number of hydrogen-bond acceptors (Lipinski definition) is 5. The van der Waals surface area contributed by atoms with E-state index in [-0.39, 0.29) is 18.1 Å². The number of morpholine rings is 1. The van der Waals surface area contributed by atoms with Crippen LogP contribution in [0.15, 0.2) is 36.4 Å². The Morgan fingerprint density at radius 2 is 2.08 bits per heavy atom. The van der Waals surface area contributed by atoms with Crippen molar-refractivity contribution in [1.82, 2.24) is 19.6 Å². The number of hydrogen-bond donors (Lipinski definition) is 0. The predicted octanol–water partition coefficient (Wildman–Crippen LogP) is 1.57. The second-order valence-electron chi connectivity index (χ2n) is 6.63. The van der Waals surface area contributed by atoms with Crippen LogP contribution in [0, 0.1) is 0 Å². The van der Waals surface area contributed by atoms with E-state index in [9.17, 15) is 4.79 Å². The van der Waals surface area contributed by atoms with Crippen LogP contribution < -0.4 is 4.74 Å². The van der Waals surface area contributed by atoms with Gasteiger partial charge in [0.1, 0.15) is 0 Å². The van der Waals surface area contributed by atoms with Crippen molar-refractivity contribution in [3.63, 3.8) is 0 Å². The van der Waals surface area contributed by atoms with E-state index in [4.69, 9.17) is 9.47 Å². The topological polar surface area (TPSA) is 59.8 Å². The number of nitrogens with zero attached hydrogens (tertiary/aromatic N) is 4. The van der Waals surface area contributed by atoms with E-state index < -0.39 is 0 Å². The van der Waals surface area contributed by atoms with Gasteiger partial charge in [-0.1, -0.05) is 30.3 Å². The number of rotatable bonds is 5. The number of carbonyl (C=O) groups is 1. The summed E-state index contributed by atoms with van der Waals surface area (Å²) in [6.45, 7) is 2.01. The predicted molar refractivity (Wildman–Crippen MR) is 98.3 cm³/mol. The van der Waals surface area contributed by atoms with Crippen molar-refractivity contribution in [2.75, 3.05) is 40.9 Å². The number of carbonyl (C=O) groups excluding carboxylic acids is 1. The van der Waals surface area contributed by atoms with Gasteiger partial charge < -0.3 is 14.4 Å². The van der Waals surface area contributed by atoms with Crippen molar-refractivity contribution < 1.29 is 14.3 Å². The molecule has 0 aliphatic carbocycles. The third-order valence-electron chi connectivity index (χ3n) is 4.81. The van der Waals surface area contributed by atoms with Gasteiger partial charge in [-0.15, -0.1) is 0 Å². The molecule has 0 unspecified atom stereocenters. The van der Waals surface area contributed by atoms with Crippen LogP contribution in [0.4, 0.5) is 0 Å². The molecule has 1 aromatic carbocycles. The number of methoxy groups -OCH3 is 1. The van der Waals surface area contributed by atoms with Gasteiger partial charge in [-0.2, -0.15) is 5.10 Å². The first kappa shape index (κ1) is 18.4. The Hall–Kier alpha value is -2.38. The quantitative estimate of drug-likeness (QED) is 0.812. The molecule has 3 rings (SSSR count). The van der Waals surface area contributed by atoms with Gasteiger partial charge in [0.2, 0.25) is 5.88 Å². The summed E-state index contributed by atoms with van der Waals surface area (Å²) in [6.07, 6.45) is -0.101. The molecule has 2 atom stereocenters. The lowest BCUT2D eigenvalue weighted by Gasteiger charge is -2.40. The van der Waals surface area contributed by atoms with Crippen LogP contribution in [0.1, 0.15) is 22.1 Å². The molecule has 0 bridgehead atoms. The second-order valence-corrected chi connectivity index (χ2v) is 6.63. The summed E-state index contributed by atoms with van der Waals surface area (Å²) in [5.41, 5.74) is 1.56. The molecule has 0 N–H and O–H groups in total. The van der Waals surface area contributed by atoms with Gasteiger partial charge in [0.15, 0.2) is 5.69 Å². The van der Waals surface area contributed by atoms with E-state index in [1.807, 2.05) is 18.2 Å². The second kappa shape index (κ2) is 7.88. The Kier molecular flexibility index (Phi) is 5.58. The SMILES string of the molecule is COc1cc(C(=O)N(C)C[C@@H]2OCCN(C)[C@H]2c2ccccc2)nn1C. The molecule has 1 aromatic heterocycles. The fraction of sp³-hybridized carbons (Fsp3) is 0.474. The van der Waals surface area contributed by atoms with Crippen molar-refractivity contribution in [2.24, 2.45) is 7.05 Å². The van der Waals surface area contributed by atoms with Gasteiger partial charge >= 0.3 is 0 Å². The number of ether oxygens (including phenoxy) is 2. The Bertz CT molecular complexity index is 746. The van der Waals surface area contributed by atoms with Crippen LogP contribution >= 0.6 is 0 Å². The first-order valence-corrected chi connectivity index (χ1v) is 8.71. The first-order valence-electron chi connectivity index (χ1n) is 8.71. The number of benzene rings is 1. The standard InChI is InChI=1S/C19H26N4O3/c1-21-10-11-26-16(18(21)14-8-6-5-7-9-14)13-22(2)19(24)15-12-17(25-4)23(3)20-15/h5-9,12,16,18H,10-11,13H2,1-4H3/t16-,18-/m0/s1. The lowest BCUT2D eigenvalue weighted by molar-refractivity contribution is -0.0708. The molecule has 7 nitrogen and oxygen atoms in total. The summed E-state index contributed by atoms with van der Waals surface area (Å²) in [5.74, 6) is 0.408. The number of amides is 1. The molecule has 2 heterocycles. The third kappa shape index (κ3) is 3.73. The van der Waals surface area contributed by atoms with E-state index in [1.54, 1.807) is 36.9 Å². The molecular weight excluding hydrogens is 332 g/mol. The zero-order chi connectivity index (χ0) is 18.7. The van der Waals surface area contributed by atoms with Gasteiger partial charge in [0, 0.05) is 33.3 Å². The minimum atomic E-state index is -0.146. The van der Waals surface area contributed by atoms with Crippen LogP contribution in [0.3, 0.4) is 0 Å². The Labute approximate surface area is 154 Å². The van der Waals surface area contributed by atoms with Gasteiger partial charge in [0.25, 0.3) is 5.91 Å². The van der Waals surface area contributed by atoms with Gasteiger partial charge in [-0.05, 0) is 12.6 Å². The monoisotopic (exact) mass is 358 g/mol. The molecule has 0 spiro atoms. The molecule has 1 saturated heterocycles. The van der Waals surface area contributed by atoms with Crippen LogP contribution in [0.5, 0.6) is 5.88 Å². The molecule has 2 aromatic rings. The molecule has 1 fully saturated rings. The minimum absolute atomic E-state index is 0.101. The molecule has 140 valence electrons. The maximum atomic E-state index is 12.7. The highest BCUT2D eigenvalue weighted by molar-refractivity contribution is 5.92. The van der Waals surface area contributed by atoms with Crippen LogP contribution in [-0.4, -0.2) is 72.5 Å². The van der Waals surface area contributed by atoms with Crippen molar-refractivity contribution in [2.45, 2.75) is 12.1 Å². The minimum Gasteiger partial charge on any atom is -0.481 e. The summed E-state index contributed by atoms with van der Waals surface area (Å²) in [6, 6.07) is 12.0. The van der Waals surface area contributed by atoms with E-state index in [0.29, 0.717) is 24.7 Å². The molecular formula is C19H26N4O3. The first-order chi connectivity index (χ1) is 12.5. The van der Waals surface area contributed by atoms with E-state index in [2.05, 4.69) is 29.2 Å². The number of likely N-dealkylation sites (N-methyl/N-ethyl adjacent to an activating group) is 2. The zero-order valence-corrected chi connectivity index (χ0v) is 15.8. The summed E-state index contributed by atoms with van der Waals surface area (Å²) in [5, 5.41) is 4.24. The molecule has 0 radical (unpaired) electrons. The molecule has 1 aliphatic rings. The number of aromatic nitrogens is 2. The highest BCUT2D eigenvalue weighted by atomic mass is 16.5. The van der Waals surface area contributed by atoms with Crippen molar-refractivity contribution in [3.05, 3.63) is 47.7 Å². The van der Waals surface area contributed by atoms with Crippen molar-refractivity contribution >= 4 is 5.91 Å². The van der Waals surface area contributed by atoms with Crippen LogP contribution in [0.25, 0.3) is 0 Å². The smallest absolute Gasteiger partial charge is 0.274 e.